The van der Waals surface area contributed by atoms with E-state index in [9.17, 15) is 5.11 Å². The molecule has 21 heavy (non-hydrogen) atoms. The first-order valence-corrected chi connectivity index (χ1v) is 6.45. The molecule has 1 N–H and O–H groups in total. The normalized spacial score (nSPS) is 10.6. The Balaban J connectivity index is 1.93. The number of aromatic hydroxyl groups is 1. The number of aromatic nitrogens is 2. The number of hydrogen-bond acceptors (Lipinski definition) is 5. The van der Waals surface area contributed by atoms with Crippen molar-refractivity contribution in [3.8, 4) is 34.3 Å². The van der Waals surface area contributed by atoms with Gasteiger partial charge >= 0.3 is 0 Å². The molecule has 0 aliphatic carbocycles. The first-order valence-electron chi connectivity index (χ1n) is 6.45. The summed E-state index contributed by atoms with van der Waals surface area (Å²) in [5, 5.41) is 13.7. The highest BCUT2D eigenvalue weighted by atomic mass is 16.5. The minimum atomic E-state index is 0.205. The SMILES string of the molecule is COc1ccc(-c2noc(-c3ccc(C)c(O)c3)n2)cc1. The van der Waals surface area contributed by atoms with E-state index >= 15 is 0 Å². The highest BCUT2D eigenvalue weighted by molar-refractivity contribution is 5.62. The van der Waals surface area contributed by atoms with Gasteiger partial charge in [-0.05, 0) is 48.9 Å². The third-order valence-electron chi connectivity index (χ3n) is 3.23. The number of hydrogen-bond donors (Lipinski definition) is 1. The summed E-state index contributed by atoms with van der Waals surface area (Å²) >= 11 is 0. The van der Waals surface area contributed by atoms with Crippen LogP contribution in [0.2, 0.25) is 0 Å². The molecule has 5 heteroatoms. The van der Waals surface area contributed by atoms with Gasteiger partial charge in [-0.15, -0.1) is 0 Å². The van der Waals surface area contributed by atoms with Crippen LogP contribution < -0.4 is 4.74 Å². The van der Waals surface area contributed by atoms with Gasteiger partial charge in [0.05, 0.1) is 7.11 Å². The van der Waals surface area contributed by atoms with Gasteiger partial charge in [0.25, 0.3) is 5.89 Å². The van der Waals surface area contributed by atoms with E-state index in [0.717, 1.165) is 16.9 Å². The highest BCUT2D eigenvalue weighted by Crippen LogP contribution is 2.27. The van der Waals surface area contributed by atoms with E-state index in [0.29, 0.717) is 17.3 Å². The lowest BCUT2D eigenvalue weighted by Crippen LogP contribution is -1.84. The van der Waals surface area contributed by atoms with E-state index in [-0.39, 0.29) is 5.75 Å². The summed E-state index contributed by atoms with van der Waals surface area (Å²) in [7, 11) is 1.62. The fourth-order valence-electron chi connectivity index (χ4n) is 1.94. The lowest BCUT2D eigenvalue weighted by atomic mass is 10.1. The molecule has 0 radical (unpaired) electrons. The lowest BCUT2D eigenvalue weighted by molar-refractivity contribution is 0.415. The van der Waals surface area contributed by atoms with Gasteiger partial charge in [-0.1, -0.05) is 11.2 Å². The molecule has 1 aromatic heterocycles. The lowest BCUT2D eigenvalue weighted by Gasteiger charge is -2.00. The third kappa shape index (κ3) is 2.58. The molecule has 0 saturated heterocycles. The zero-order valence-electron chi connectivity index (χ0n) is 11.7. The van der Waals surface area contributed by atoms with Crippen molar-refractivity contribution in [2.75, 3.05) is 7.11 Å². The van der Waals surface area contributed by atoms with Crippen LogP contribution in [-0.4, -0.2) is 22.4 Å². The molecular weight excluding hydrogens is 268 g/mol. The summed E-state index contributed by atoms with van der Waals surface area (Å²) in [6.07, 6.45) is 0. The maximum absolute atomic E-state index is 9.74. The van der Waals surface area contributed by atoms with Crippen LogP contribution in [0.25, 0.3) is 22.8 Å². The van der Waals surface area contributed by atoms with Crippen molar-refractivity contribution in [2.24, 2.45) is 0 Å². The van der Waals surface area contributed by atoms with Gasteiger partial charge in [0, 0.05) is 11.1 Å². The van der Waals surface area contributed by atoms with E-state index in [4.69, 9.17) is 9.26 Å². The van der Waals surface area contributed by atoms with Crippen LogP contribution in [0.5, 0.6) is 11.5 Å². The minimum Gasteiger partial charge on any atom is -0.508 e. The Morgan fingerprint density at radius 1 is 1.05 bits per heavy atom. The molecule has 0 fully saturated rings. The number of benzene rings is 2. The molecule has 0 unspecified atom stereocenters. The Morgan fingerprint density at radius 2 is 1.76 bits per heavy atom. The number of nitrogens with zero attached hydrogens (tertiary/aromatic N) is 2. The number of aryl methyl sites for hydroxylation is 1. The molecule has 0 bridgehead atoms. The molecule has 0 atom stereocenters. The first kappa shape index (κ1) is 13.2. The van der Waals surface area contributed by atoms with Crippen molar-refractivity contribution in [3.05, 3.63) is 48.0 Å². The summed E-state index contributed by atoms with van der Waals surface area (Å²) in [4.78, 5) is 4.35. The smallest absolute Gasteiger partial charge is 0.258 e. The Kier molecular flexibility index (Phi) is 3.31. The second-order valence-corrected chi connectivity index (χ2v) is 4.65. The van der Waals surface area contributed by atoms with Crippen LogP contribution in [0.3, 0.4) is 0 Å². The molecular formula is C16H14N2O3. The molecule has 2 aromatic carbocycles. The average molecular weight is 282 g/mol. The molecule has 5 nitrogen and oxygen atoms in total. The Hall–Kier alpha value is -2.82. The number of phenolic OH excluding ortho intramolecular Hbond substituents is 1. The number of phenols is 1. The quantitative estimate of drug-likeness (QED) is 0.797. The summed E-state index contributed by atoms with van der Waals surface area (Å²) in [5.41, 5.74) is 2.32. The van der Waals surface area contributed by atoms with Crippen LogP contribution in [0.15, 0.2) is 47.0 Å². The molecule has 0 aliphatic heterocycles. The summed E-state index contributed by atoms with van der Waals surface area (Å²) in [6, 6.07) is 12.6. The topological polar surface area (TPSA) is 68.4 Å². The van der Waals surface area contributed by atoms with Crippen molar-refractivity contribution in [1.29, 1.82) is 0 Å². The van der Waals surface area contributed by atoms with Gasteiger partial charge in [-0.3, -0.25) is 0 Å². The minimum absolute atomic E-state index is 0.205. The fourth-order valence-corrected chi connectivity index (χ4v) is 1.94. The van der Waals surface area contributed by atoms with E-state index in [1.807, 2.05) is 43.3 Å². The zero-order valence-corrected chi connectivity index (χ0v) is 11.7. The van der Waals surface area contributed by atoms with Gasteiger partial charge in [0.1, 0.15) is 11.5 Å². The summed E-state index contributed by atoms with van der Waals surface area (Å²) in [6.45, 7) is 1.83. The molecule has 0 aliphatic rings. The van der Waals surface area contributed by atoms with Crippen LogP contribution >= 0.6 is 0 Å². The molecule has 0 spiro atoms. The van der Waals surface area contributed by atoms with E-state index in [1.54, 1.807) is 13.2 Å². The van der Waals surface area contributed by atoms with Gasteiger partial charge in [-0.25, -0.2) is 0 Å². The number of ether oxygens (including phenoxy) is 1. The highest BCUT2D eigenvalue weighted by Gasteiger charge is 2.11. The number of methoxy groups -OCH3 is 1. The molecule has 1 heterocycles. The van der Waals surface area contributed by atoms with Crippen LogP contribution in [0.4, 0.5) is 0 Å². The second-order valence-electron chi connectivity index (χ2n) is 4.65. The van der Waals surface area contributed by atoms with Crippen LogP contribution in [0.1, 0.15) is 5.56 Å². The molecule has 106 valence electrons. The van der Waals surface area contributed by atoms with Gasteiger partial charge < -0.3 is 14.4 Å². The summed E-state index contributed by atoms with van der Waals surface area (Å²) < 4.78 is 10.4. The van der Waals surface area contributed by atoms with Gasteiger partial charge in [0.2, 0.25) is 5.82 Å². The monoisotopic (exact) mass is 282 g/mol. The van der Waals surface area contributed by atoms with E-state index in [2.05, 4.69) is 10.1 Å². The van der Waals surface area contributed by atoms with E-state index in [1.165, 1.54) is 0 Å². The predicted molar refractivity (Wildman–Crippen MR) is 78.1 cm³/mol. The molecule has 0 amide bonds. The largest absolute Gasteiger partial charge is 0.508 e. The second kappa shape index (κ2) is 5.28. The predicted octanol–water partition coefficient (Wildman–Crippen LogP) is 3.43. The average Bonchev–Trinajstić information content (AvgIpc) is 3.00. The maximum atomic E-state index is 9.74. The van der Waals surface area contributed by atoms with Crippen molar-refractivity contribution in [1.82, 2.24) is 10.1 Å². The van der Waals surface area contributed by atoms with E-state index < -0.39 is 0 Å². The Labute approximate surface area is 121 Å². The molecule has 3 aromatic rings. The number of rotatable bonds is 3. The van der Waals surface area contributed by atoms with Crippen molar-refractivity contribution in [2.45, 2.75) is 6.92 Å². The Bertz CT molecular complexity index is 763. The first-order chi connectivity index (χ1) is 10.2. The van der Waals surface area contributed by atoms with Crippen molar-refractivity contribution in [3.63, 3.8) is 0 Å². The third-order valence-corrected chi connectivity index (χ3v) is 3.23. The standard InChI is InChI=1S/C16H14N2O3/c1-10-3-4-12(9-14(10)19)16-17-15(18-21-16)11-5-7-13(20-2)8-6-11/h3-9,19H,1-2H3. The molecule has 0 saturated carbocycles. The van der Waals surface area contributed by atoms with Crippen molar-refractivity contribution >= 4 is 0 Å². The Morgan fingerprint density at radius 3 is 2.43 bits per heavy atom. The fraction of sp³-hybridized carbons (Fsp3) is 0.125. The van der Waals surface area contributed by atoms with Gasteiger partial charge in [0.15, 0.2) is 0 Å². The van der Waals surface area contributed by atoms with Crippen molar-refractivity contribution < 1.29 is 14.4 Å². The van der Waals surface area contributed by atoms with Gasteiger partial charge in [-0.2, -0.15) is 4.98 Å². The zero-order chi connectivity index (χ0) is 14.8. The summed E-state index contributed by atoms with van der Waals surface area (Å²) in [5.74, 6) is 1.84. The molecule has 3 rings (SSSR count). The van der Waals surface area contributed by atoms with Crippen LogP contribution in [0, 0.1) is 6.92 Å². The maximum Gasteiger partial charge on any atom is 0.258 e. The van der Waals surface area contributed by atoms with Crippen LogP contribution in [-0.2, 0) is 0 Å².